The van der Waals surface area contributed by atoms with Gasteiger partial charge in [0.15, 0.2) is 0 Å². The third-order valence-electron chi connectivity index (χ3n) is 3.61. The molecular formula is C17H16OS. The van der Waals surface area contributed by atoms with Crippen molar-refractivity contribution in [2.75, 3.05) is 0 Å². The largest absolute Gasteiger partial charge is 0.456 e. The maximum Gasteiger partial charge on any atom is 0.139 e. The normalized spacial score (nSPS) is 11.3. The number of hydrogen-bond donors (Lipinski definition) is 0. The second-order valence-corrected chi connectivity index (χ2v) is 5.17. The fourth-order valence-corrected chi connectivity index (χ4v) is 2.88. The molecule has 1 aliphatic carbocycles. The van der Waals surface area contributed by atoms with Gasteiger partial charge in [-0.05, 0) is 36.1 Å². The van der Waals surface area contributed by atoms with Crippen molar-refractivity contribution >= 4 is 23.2 Å². The van der Waals surface area contributed by atoms with Crippen molar-refractivity contribution in [1.29, 1.82) is 0 Å². The molecule has 3 rings (SSSR count). The molecular weight excluding hydrogens is 252 g/mol. The molecule has 0 atom stereocenters. The molecule has 0 saturated heterocycles. The van der Waals surface area contributed by atoms with E-state index in [0.29, 0.717) is 0 Å². The van der Waals surface area contributed by atoms with Gasteiger partial charge in [-0.25, -0.2) is 0 Å². The molecule has 96 valence electrons. The molecule has 1 nitrogen and oxygen atoms in total. The van der Waals surface area contributed by atoms with Crippen molar-refractivity contribution in [2.24, 2.45) is 0 Å². The van der Waals surface area contributed by atoms with E-state index in [-0.39, 0.29) is 0 Å². The highest BCUT2D eigenvalue weighted by Gasteiger charge is 2.15. The van der Waals surface area contributed by atoms with Crippen LogP contribution in [0, 0.1) is 4.51 Å². The molecule has 0 N–H and O–H groups in total. The van der Waals surface area contributed by atoms with E-state index < -0.39 is 0 Å². The van der Waals surface area contributed by atoms with Gasteiger partial charge in [-0.2, -0.15) is 0 Å². The maximum atomic E-state index is 6.08. The van der Waals surface area contributed by atoms with Crippen molar-refractivity contribution in [3.63, 3.8) is 0 Å². The minimum absolute atomic E-state index is 0.920. The number of rotatable bonds is 2. The molecule has 0 saturated carbocycles. The molecule has 0 amide bonds. The topological polar surface area (TPSA) is 13.1 Å². The zero-order valence-corrected chi connectivity index (χ0v) is 12.0. The van der Waals surface area contributed by atoms with Crippen LogP contribution < -0.4 is 0 Å². The summed E-state index contributed by atoms with van der Waals surface area (Å²) in [7, 11) is 0. The number of hydrogen-bond acceptors (Lipinski definition) is 2. The van der Waals surface area contributed by atoms with Crippen molar-refractivity contribution in [3.05, 3.63) is 52.0 Å². The summed E-state index contributed by atoms with van der Waals surface area (Å²) in [5, 5.41) is 1.11. The molecule has 0 aromatic heterocycles. The van der Waals surface area contributed by atoms with Gasteiger partial charge >= 0.3 is 0 Å². The highest BCUT2D eigenvalue weighted by molar-refractivity contribution is 7.71. The SMILES string of the molecule is CCc1cc(CC)c(=S)c2cc3ccccc3oc1-2. The molecule has 1 heterocycles. The van der Waals surface area contributed by atoms with Gasteiger partial charge < -0.3 is 4.42 Å². The number of aryl methyl sites for hydroxylation is 2. The molecule has 2 aliphatic rings. The first-order chi connectivity index (χ1) is 9.24. The summed E-state index contributed by atoms with van der Waals surface area (Å²) < 4.78 is 7.02. The summed E-state index contributed by atoms with van der Waals surface area (Å²) in [6.45, 7) is 4.30. The lowest BCUT2D eigenvalue weighted by Gasteiger charge is -2.14. The fourth-order valence-electron chi connectivity index (χ4n) is 2.53. The Kier molecular flexibility index (Phi) is 3.11. The minimum atomic E-state index is 0.920. The van der Waals surface area contributed by atoms with E-state index in [2.05, 4.69) is 32.0 Å². The van der Waals surface area contributed by atoms with Crippen molar-refractivity contribution in [2.45, 2.75) is 26.7 Å². The van der Waals surface area contributed by atoms with Crippen LogP contribution in [0.2, 0.25) is 0 Å². The van der Waals surface area contributed by atoms with E-state index in [1.165, 1.54) is 11.1 Å². The summed E-state index contributed by atoms with van der Waals surface area (Å²) in [6, 6.07) is 12.5. The van der Waals surface area contributed by atoms with Crippen LogP contribution in [-0.2, 0) is 12.8 Å². The Morgan fingerprint density at radius 1 is 1.00 bits per heavy atom. The lowest BCUT2D eigenvalue weighted by Crippen LogP contribution is -1.96. The average molecular weight is 268 g/mol. The summed E-state index contributed by atoms with van der Waals surface area (Å²) in [4.78, 5) is 0. The zero-order chi connectivity index (χ0) is 13.4. The third-order valence-corrected chi connectivity index (χ3v) is 4.10. The van der Waals surface area contributed by atoms with Gasteiger partial charge in [0.05, 0.1) is 4.51 Å². The molecule has 19 heavy (non-hydrogen) atoms. The second kappa shape index (κ2) is 4.78. The van der Waals surface area contributed by atoms with Gasteiger partial charge in [-0.3, -0.25) is 0 Å². The zero-order valence-electron chi connectivity index (χ0n) is 11.2. The van der Waals surface area contributed by atoms with E-state index in [4.69, 9.17) is 16.6 Å². The molecule has 2 heteroatoms. The monoisotopic (exact) mass is 268 g/mol. The predicted octanol–water partition coefficient (Wildman–Crippen LogP) is 5.39. The number of fused-ring (bicyclic) bond motifs is 2. The fraction of sp³-hybridized carbons (Fsp3) is 0.235. The molecule has 1 aromatic carbocycles. The smallest absolute Gasteiger partial charge is 0.139 e. The average Bonchev–Trinajstić information content (AvgIpc) is 2.46. The Balaban J connectivity index is 2.48. The van der Waals surface area contributed by atoms with Crippen LogP contribution in [0.5, 0.6) is 0 Å². The van der Waals surface area contributed by atoms with Gasteiger partial charge in [-0.1, -0.05) is 50.3 Å². The Hall–Kier alpha value is -1.67. The Morgan fingerprint density at radius 3 is 2.47 bits per heavy atom. The lowest BCUT2D eigenvalue weighted by atomic mass is 9.97. The van der Waals surface area contributed by atoms with Crippen LogP contribution >= 0.6 is 12.2 Å². The minimum Gasteiger partial charge on any atom is -0.456 e. The van der Waals surface area contributed by atoms with E-state index in [0.717, 1.165) is 39.6 Å². The van der Waals surface area contributed by atoms with E-state index >= 15 is 0 Å². The molecule has 0 spiro atoms. The van der Waals surface area contributed by atoms with E-state index in [1.807, 2.05) is 18.2 Å². The quantitative estimate of drug-likeness (QED) is 0.456. The van der Waals surface area contributed by atoms with Gasteiger partial charge in [-0.15, -0.1) is 0 Å². The van der Waals surface area contributed by atoms with Gasteiger partial charge in [0.2, 0.25) is 0 Å². The van der Waals surface area contributed by atoms with Gasteiger partial charge in [0, 0.05) is 10.9 Å². The van der Waals surface area contributed by atoms with Crippen molar-refractivity contribution in [3.8, 4) is 11.3 Å². The van der Waals surface area contributed by atoms with Crippen LogP contribution in [-0.4, -0.2) is 0 Å². The summed E-state index contributed by atoms with van der Waals surface area (Å²) >= 11 is 5.60. The molecule has 1 aromatic rings. The summed E-state index contributed by atoms with van der Waals surface area (Å²) in [5.74, 6) is 0.948. The van der Waals surface area contributed by atoms with Gasteiger partial charge in [0.1, 0.15) is 11.3 Å². The maximum absolute atomic E-state index is 6.08. The summed E-state index contributed by atoms with van der Waals surface area (Å²) in [5.41, 5.74) is 4.48. The van der Waals surface area contributed by atoms with Gasteiger partial charge in [0.25, 0.3) is 0 Å². The highest BCUT2D eigenvalue weighted by atomic mass is 32.1. The number of benzene rings is 2. The van der Waals surface area contributed by atoms with E-state index in [1.54, 1.807) is 0 Å². The first-order valence-electron chi connectivity index (χ1n) is 6.72. The second-order valence-electron chi connectivity index (χ2n) is 4.76. The highest BCUT2D eigenvalue weighted by Crippen LogP contribution is 2.34. The van der Waals surface area contributed by atoms with Crippen LogP contribution in [0.3, 0.4) is 0 Å². The molecule has 0 fully saturated rings. The molecule has 0 bridgehead atoms. The Bertz CT molecular complexity index is 770. The van der Waals surface area contributed by atoms with Crippen LogP contribution in [0.1, 0.15) is 25.0 Å². The van der Waals surface area contributed by atoms with Crippen molar-refractivity contribution in [1.82, 2.24) is 0 Å². The van der Waals surface area contributed by atoms with Crippen LogP contribution in [0.4, 0.5) is 0 Å². The molecule has 0 radical (unpaired) electrons. The van der Waals surface area contributed by atoms with Crippen LogP contribution in [0.25, 0.3) is 22.3 Å². The Morgan fingerprint density at radius 2 is 1.74 bits per heavy atom. The lowest BCUT2D eigenvalue weighted by molar-refractivity contribution is 0.611. The summed E-state index contributed by atoms with van der Waals surface area (Å²) in [6.07, 6.45) is 1.93. The molecule has 0 unspecified atom stereocenters. The standard InChI is InChI=1S/C17H16OS/c1-3-11-9-12(4-2)17(19)14-10-13-7-5-6-8-15(13)18-16(11)14/h5-10H,3-4H2,1-2H3. The first-order valence-corrected chi connectivity index (χ1v) is 7.12. The third kappa shape index (κ3) is 1.96. The predicted molar refractivity (Wildman–Crippen MR) is 82.4 cm³/mol. The Labute approximate surface area is 118 Å². The van der Waals surface area contributed by atoms with Crippen LogP contribution in [0.15, 0.2) is 40.8 Å². The molecule has 1 aliphatic heterocycles. The first kappa shape index (κ1) is 12.4. The number of para-hydroxylation sites is 1. The van der Waals surface area contributed by atoms with Crippen molar-refractivity contribution < 1.29 is 4.42 Å². The van der Waals surface area contributed by atoms with E-state index in [9.17, 15) is 0 Å².